The second-order valence-electron chi connectivity index (χ2n) is 17.3. The smallest absolute Gasteiger partial charge is 0.343 e. The van der Waals surface area contributed by atoms with Crippen LogP contribution in [0.4, 0.5) is 0 Å². The van der Waals surface area contributed by atoms with Crippen molar-refractivity contribution in [3.8, 4) is 0 Å². The van der Waals surface area contributed by atoms with Crippen LogP contribution in [0.15, 0.2) is 93.3 Å². The number of aliphatic hydroxyl groups is 2. The molecule has 2 aromatic carbocycles. The molecule has 2 aromatic rings. The van der Waals surface area contributed by atoms with Crippen LogP contribution < -0.4 is 0 Å². The second-order valence-corrected chi connectivity index (χ2v) is 17.3. The van der Waals surface area contributed by atoms with Gasteiger partial charge in [-0.05, 0) is 86.2 Å². The van der Waals surface area contributed by atoms with Crippen LogP contribution in [-0.4, -0.2) is 46.8 Å². The molecule has 4 saturated carbocycles. The number of allylic oxidation sites excluding steroid dienone is 2. The number of hydrogen-bond acceptors (Lipinski definition) is 8. The maximum absolute atomic E-state index is 13.7. The van der Waals surface area contributed by atoms with Gasteiger partial charge in [0.1, 0.15) is 47.0 Å². The maximum atomic E-state index is 13.7. The summed E-state index contributed by atoms with van der Waals surface area (Å²) in [6.07, 6.45) is 8.15. The summed E-state index contributed by atoms with van der Waals surface area (Å²) < 4.78 is 12.3. The number of carbonyl (C=O) groups is 2. The molecule has 8 nitrogen and oxygen atoms in total. The molecule has 6 rings (SSSR count). The summed E-state index contributed by atoms with van der Waals surface area (Å²) >= 11 is 0. The molecule has 4 fully saturated rings. The zero-order valence-electron chi connectivity index (χ0n) is 32.1. The van der Waals surface area contributed by atoms with Crippen molar-refractivity contribution in [3.63, 3.8) is 0 Å². The average molecular weight is 709 g/mol. The number of hydrogen-bond donors (Lipinski definition) is 2. The van der Waals surface area contributed by atoms with Crippen molar-refractivity contribution in [1.82, 2.24) is 0 Å². The lowest BCUT2D eigenvalue weighted by atomic mass is 9.70. The largest absolute Gasteiger partial charge is 0.512 e. The summed E-state index contributed by atoms with van der Waals surface area (Å²) in [6.45, 7) is 16.4. The number of ether oxygens (including phenoxy) is 2. The Balaban J connectivity index is 1.30. The fourth-order valence-corrected chi connectivity index (χ4v) is 9.90. The Hall–Kier alpha value is -4.20. The van der Waals surface area contributed by atoms with Crippen molar-refractivity contribution in [2.75, 3.05) is 0 Å². The Kier molecular flexibility index (Phi) is 10.1. The van der Waals surface area contributed by atoms with Crippen molar-refractivity contribution < 1.29 is 29.3 Å². The van der Waals surface area contributed by atoms with Gasteiger partial charge in [-0.2, -0.15) is 0 Å². The van der Waals surface area contributed by atoms with Crippen molar-refractivity contribution in [3.05, 3.63) is 94.5 Å². The first kappa shape index (κ1) is 37.6. The minimum Gasteiger partial charge on any atom is -0.512 e. The zero-order chi connectivity index (χ0) is 37.6. The molecule has 8 heteroatoms. The van der Waals surface area contributed by atoms with E-state index in [0.29, 0.717) is 11.8 Å². The van der Waals surface area contributed by atoms with Crippen LogP contribution in [-0.2, 0) is 19.1 Å². The summed E-state index contributed by atoms with van der Waals surface area (Å²) in [5.41, 5.74) is 1.42. The van der Waals surface area contributed by atoms with Crippen molar-refractivity contribution in [1.29, 1.82) is 0 Å². The Morgan fingerprint density at radius 2 is 1.00 bits per heavy atom. The van der Waals surface area contributed by atoms with E-state index >= 15 is 0 Å². The topological polar surface area (TPSA) is 118 Å². The molecule has 0 heterocycles. The van der Waals surface area contributed by atoms with E-state index in [4.69, 9.17) is 19.5 Å². The van der Waals surface area contributed by atoms with Gasteiger partial charge in [0, 0.05) is 23.3 Å². The third kappa shape index (κ3) is 6.40. The molecule has 0 unspecified atom stereocenters. The number of benzene rings is 2. The van der Waals surface area contributed by atoms with Gasteiger partial charge in [-0.25, -0.2) is 9.59 Å². The van der Waals surface area contributed by atoms with E-state index in [1.54, 1.807) is 0 Å². The van der Waals surface area contributed by atoms with Crippen LogP contribution in [0.2, 0.25) is 0 Å². The highest BCUT2D eigenvalue weighted by Crippen LogP contribution is 2.67. The van der Waals surface area contributed by atoms with Gasteiger partial charge >= 0.3 is 11.9 Å². The Bertz CT molecular complexity index is 1650. The van der Waals surface area contributed by atoms with Gasteiger partial charge in [-0.3, -0.25) is 9.98 Å². The van der Waals surface area contributed by atoms with Gasteiger partial charge in [0.15, 0.2) is 0 Å². The second kappa shape index (κ2) is 14.0. The fourth-order valence-electron chi connectivity index (χ4n) is 9.90. The van der Waals surface area contributed by atoms with Gasteiger partial charge in [0.05, 0.1) is 0 Å². The van der Waals surface area contributed by atoms with E-state index < -0.39 is 24.0 Å². The Labute approximate surface area is 309 Å². The van der Waals surface area contributed by atoms with E-state index in [0.717, 1.165) is 49.7 Å². The molecule has 4 aliphatic rings. The third-order valence-electron chi connectivity index (χ3n) is 14.5. The monoisotopic (exact) mass is 708 g/mol. The highest BCUT2D eigenvalue weighted by molar-refractivity contribution is 6.10. The van der Waals surface area contributed by atoms with Gasteiger partial charge in [0.2, 0.25) is 0 Å². The molecule has 8 atom stereocenters. The van der Waals surface area contributed by atoms with E-state index in [2.05, 4.69) is 41.5 Å². The molecule has 2 N–H and O–H groups in total. The third-order valence-corrected chi connectivity index (χ3v) is 14.5. The normalized spacial score (nSPS) is 32.1. The summed E-state index contributed by atoms with van der Waals surface area (Å²) in [7, 11) is 0. The van der Waals surface area contributed by atoms with Crippen molar-refractivity contribution in [2.45, 2.75) is 118 Å². The molecule has 4 aliphatic carbocycles. The van der Waals surface area contributed by atoms with Gasteiger partial charge in [0.25, 0.3) is 0 Å². The molecular weight excluding hydrogens is 652 g/mol. The van der Waals surface area contributed by atoms with E-state index in [1.165, 1.54) is 26.3 Å². The van der Waals surface area contributed by atoms with Gasteiger partial charge in [-0.15, -0.1) is 0 Å². The van der Waals surface area contributed by atoms with Gasteiger partial charge < -0.3 is 19.7 Å². The molecule has 0 radical (unpaired) electrons. The Morgan fingerprint density at radius 1 is 0.654 bits per heavy atom. The minimum atomic E-state index is -0.678. The van der Waals surface area contributed by atoms with E-state index in [9.17, 15) is 19.8 Å². The maximum Gasteiger partial charge on any atom is 0.343 e. The van der Waals surface area contributed by atoms with Gasteiger partial charge in [-0.1, -0.05) is 102 Å². The van der Waals surface area contributed by atoms with Crippen LogP contribution in [0.3, 0.4) is 0 Å². The van der Waals surface area contributed by atoms with Crippen molar-refractivity contribution >= 4 is 24.4 Å². The molecule has 4 bridgehead atoms. The first-order valence-electron chi connectivity index (χ1n) is 18.9. The molecule has 0 aromatic heterocycles. The lowest BCUT2D eigenvalue weighted by molar-refractivity contribution is -0.152. The minimum absolute atomic E-state index is 0.0152. The summed E-state index contributed by atoms with van der Waals surface area (Å²) in [5.74, 6) is -0.609. The Morgan fingerprint density at radius 3 is 1.27 bits per heavy atom. The fraction of sp³-hybridized carbons (Fsp3) is 0.545. The standard InChI is InChI=1S/C44H56N2O6/c1-27(47)33(39(49)51-35-23-31-19-21-43(35,7)41(31,3)4)25-45-37(29-15-11-9-12-16-29)38(30-17-13-10-14-18-30)46-26-34(28(2)48)40(50)52-36-24-32-20-22-44(36,8)42(32,5)6/h9-18,25-26,31-32,35-38,47-48H,19-24H2,1-8H3/t31-,32-,35+,36+,37-,38-,43+,44+/m0/s1. The number of esters is 2. The zero-order valence-corrected chi connectivity index (χ0v) is 32.1. The van der Waals surface area contributed by atoms with Crippen molar-refractivity contribution in [2.24, 2.45) is 43.5 Å². The molecule has 0 saturated heterocycles. The number of aliphatic imine (C=N–C) groups is 2. The molecule has 52 heavy (non-hydrogen) atoms. The van der Waals surface area contributed by atoms with E-state index in [1.807, 2.05) is 60.7 Å². The summed E-state index contributed by atoms with van der Waals surface area (Å²) in [5, 5.41) is 21.5. The first-order chi connectivity index (χ1) is 24.5. The number of nitrogens with zero attached hydrogens (tertiary/aromatic N) is 2. The molecule has 0 spiro atoms. The first-order valence-corrected chi connectivity index (χ1v) is 18.9. The predicted molar refractivity (Wildman–Crippen MR) is 204 cm³/mol. The molecular formula is C44H56N2O6. The van der Waals surface area contributed by atoms with Crippen LogP contribution >= 0.6 is 0 Å². The van der Waals surface area contributed by atoms with Crippen LogP contribution in [0.1, 0.15) is 117 Å². The van der Waals surface area contributed by atoms with E-state index in [-0.39, 0.29) is 56.5 Å². The highest BCUT2D eigenvalue weighted by Gasteiger charge is 2.64. The number of aliphatic hydroxyl groups excluding tert-OH is 2. The lowest BCUT2D eigenvalue weighted by Gasteiger charge is -2.38. The molecule has 278 valence electrons. The molecule has 0 amide bonds. The summed E-state index contributed by atoms with van der Waals surface area (Å²) in [6, 6.07) is 17.8. The van der Waals surface area contributed by atoms with Crippen LogP contribution in [0.5, 0.6) is 0 Å². The number of fused-ring (bicyclic) bond motifs is 4. The number of rotatable bonds is 11. The summed E-state index contributed by atoms with van der Waals surface area (Å²) in [4.78, 5) is 37.3. The lowest BCUT2D eigenvalue weighted by Crippen LogP contribution is -2.38. The predicted octanol–water partition coefficient (Wildman–Crippen LogP) is 9.79. The highest BCUT2D eigenvalue weighted by atomic mass is 16.6. The SMILES string of the molecule is CC(O)=C(C=N[C@@H](c1ccccc1)[C@@H](N=CC(C(=O)O[C@@H]1C[C@@H]2CC[C@@]1(C)C2(C)C)=C(C)O)c1ccccc1)C(=O)O[C@@H]1C[C@@H]2CC[C@@]1(C)C2(C)C. The van der Waals surface area contributed by atoms with Crippen LogP contribution in [0.25, 0.3) is 0 Å². The molecule has 0 aliphatic heterocycles. The quantitative estimate of drug-likeness (QED) is 0.104. The average Bonchev–Trinajstić information content (AvgIpc) is 3.62. The van der Waals surface area contributed by atoms with Crippen LogP contribution in [0, 0.1) is 33.5 Å². The number of carbonyl (C=O) groups excluding carboxylic acids is 2.